The summed E-state index contributed by atoms with van der Waals surface area (Å²) in [5, 5.41) is 2.94. The van der Waals surface area contributed by atoms with Crippen LogP contribution in [0.4, 0.5) is 0 Å². The molecule has 0 saturated carbocycles. The second-order valence-electron chi connectivity index (χ2n) is 1.98. The number of nitrogens with one attached hydrogen (secondary N) is 1. The largest absolute Gasteiger partial charge is 0.390 e. The van der Waals surface area contributed by atoms with Crippen molar-refractivity contribution < 1.29 is 4.79 Å². The van der Waals surface area contributed by atoms with Crippen LogP contribution in [0.1, 0.15) is 13.3 Å². The van der Waals surface area contributed by atoms with Crippen molar-refractivity contribution in [1.29, 1.82) is 0 Å². The van der Waals surface area contributed by atoms with Crippen LogP contribution in [-0.4, -0.2) is 12.3 Å². The summed E-state index contributed by atoms with van der Waals surface area (Å²) in [4.78, 5) is 10.3. The summed E-state index contributed by atoms with van der Waals surface area (Å²) in [6.45, 7) is 5.92. The minimum atomic E-state index is 0.0612. The van der Waals surface area contributed by atoms with Gasteiger partial charge in [-0.1, -0.05) is 6.08 Å². The molecule has 10 heavy (non-hydrogen) atoms. The van der Waals surface area contributed by atoms with Crippen LogP contribution in [0.5, 0.6) is 0 Å². The molecule has 0 aliphatic heterocycles. The molecule has 1 N–H and O–H groups in total. The zero-order chi connectivity index (χ0) is 7.82. The molecule has 0 atom stereocenters. The van der Waals surface area contributed by atoms with Gasteiger partial charge in [-0.2, -0.15) is 0 Å². The molecule has 0 saturated heterocycles. The third-order valence-electron chi connectivity index (χ3n) is 0.929. The molecule has 0 spiro atoms. The highest BCUT2D eigenvalue weighted by Crippen LogP contribution is 1.76. The number of rotatable bonds is 5. The van der Waals surface area contributed by atoms with E-state index in [4.69, 9.17) is 0 Å². The van der Waals surface area contributed by atoms with Gasteiger partial charge in [0.05, 0.1) is 0 Å². The average Bonchev–Trinajstić information content (AvgIpc) is 1.87. The SMILES string of the molecule is C=CCCN/C=C/C(C)=O. The van der Waals surface area contributed by atoms with Gasteiger partial charge in [0.15, 0.2) is 5.78 Å². The topological polar surface area (TPSA) is 29.1 Å². The fourth-order valence-electron chi connectivity index (χ4n) is 0.445. The predicted octanol–water partition coefficient (Wildman–Crippen LogP) is 1.25. The maximum atomic E-state index is 10.3. The molecule has 0 aliphatic carbocycles. The summed E-state index contributed by atoms with van der Waals surface area (Å²) in [6.07, 6.45) is 5.91. The van der Waals surface area contributed by atoms with Crippen LogP contribution in [0.3, 0.4) is 0 Å². The van der Waals surface area contributed by atoms with Crippen LogP contribution in [0.15, 0.2) is 24.9 Å². The fourth-order valence-corrected chi connectivity index (χ4v) is 0.445. The van der Waals surface area contributed by atoms with E-state index >= 15 is 0 Å². The van der Waals surface area contributed by atoms with E-state index in [1.54, 1.807) is 6.20 Å². The lowest BCUT2D eigenvalue weighted by atomic mass is 10.4. The first-order valence-electron chi connectivity index (χ1n) is 3.28. The highest BCUT2D eigenvalue weighted by molar-refractivity contribution is 5.87. The van der Waals surface area contributed by atoms with Crippen molar-refractivity contribution in [2.75, 3.05) is 6.54 Å². The summed E-state index contributed by atoms with van der Waals surface area (Å²) in [7, 11) is 0. The molecule has 0 bridgehead atoms. The van der Waals surface area contributed by atoms with Crippen molar-refractivity contribution in [3.8, 4) is 0 Å². The van der Waals surface area contributed by atoms with Gasteiger partial charge >= 0.3 is 0 Å². The van der Waals surface area contributed by atoms with E-state index in [9.17, 15) is 4.79 Å². The second kappa shape index (κ2) is 6.08. The average molecular weight is 139 g/mol. The number of carbonyl (C=O) groups is 1. The van der Waals surface area contributed by atoms with Crippen molar-refractivity contribution >= 4 is 5.78 Å². The Balaban J connectivity index is 3.18. The molecule has 0 heterocycles. The van der Waals surface area contributed by atoms with Crippen LogP contribution in [0.2, 0.25) is 0 Å². The fraction of sp³-hybridized carbons (Fsp3) is 0.375. The summed E-state index contributed by atoms with van der Waals surface area (Å²) >= 11 is 0. The molecular weight excluding hydrogens is 126 g/mol. The summed E-state index contributed by atoms with van der Waals surface area (Å²) in [6, 6.07) is 0. The molecule has 56 valence electrons. The quantitative estimate of drug-likeness (QED) is 0.353. The Labute approximate surface area is 61.6 Å². The van der Waals surface area contributed by atoms with Gasteiger partial charge in [0.25, 0.3) is 0 Å². The monoisotopic (exact) mass is 139 g/mol. The number of ketones is 1. The number of carbonyl (C=O) groups excluding carboxylic acids is 1. The molecule has 0 aromatic carbocycles. The van der Waals surface area contributed by atoms with Crippen LogP contribution < -0.4 is 5.32 Å². The maximum absolute atomic E-state index is 10.3. The molecule has 0 radical (unpaired) electrons. The third kappa shape index (κ3) is 6.95. The highest BCUT2D eigenvalue weighted by Gasteiger charge is 1.79. The van der Waals surface area contributed by atoms with Crippen LogP contribution in [-0.2, 0) is 4.79 Å². The molecule has 2 heteroatoms. The number of hydrogen-bond acceptors (Lipinski definition) is 2. The Morgan fingerprint density at radius 2 is 2.40 bits per heavy atom. The van der Waals surface area contributed by atoms with Crippen LogP contribution in [0, 0.1) is 0 Å². The van der Waals surface area contributed by atoms with E-state index < -0.39 is 0 Å². The summed E-state index contributed by atoms with van der Waals surface area (Å²) < 4.78 is 0. The van der Waals surface area contributed by atoms with E-state index in [0.717, 1.165) is 13.0 Å². The van der Waals surface area contributed by atoms with E-state index in [1.807, 2.05) is 6.08 Å². The van der Waals surface area contributed by atoms with E-state index in [1.165, 1.54) is 13.0 Å². The normalized spacial score (nSPS) is 9.70. The van der Waals surface area contributed by atoms with Crippen LogP contribution >= 0.6 is 0 Å². The lowest BCUT2D eigenvalue weighted by molar-refractivity contribution is -0.112. The van der Waals surface area contributed by atoms with Crippen molar-refractivity contribution in [3.63, 3.8) is 0 Å². The number of allylic oxidation sites excluding steroid dienone is 1. The van der Waals surface area contributed by atoms with Gasteiger partial charge < -0.3 is 5.32 Å². The van der Waals surface area contributed by atoms with Gasteiger partial charge in [0.1, 0.15) is 0 Å². The first-order chi connectivity index (χ1) is 4.77. The zero-order valence-electron chi connectivity index (χ0n) is 6.26. The molecule has 2 nitrogen and oxygen atoms in total. The zero-order valence-corrected chi connectivity index (χ0v) is 6.26. The van der Waals surface area contributed by atoms with Gasteiger partial charge in [-0.15, -0.1) is 6.58 Å². The minimum absolute atomic E-state index is 0.0612. The van der Waals surface area contributed by atoms with Crippen LogP contribution in [0.25, 0.3) is 0 Å². The molecule has 0 aromatic heterocycles. The molecule has 0 amide bonds. The van der Waals surface area contributed by atoms with Crippen molar-refractivity contribution in [2.45, 2.75) is 13.3 Å². The second-order valence-corrected chi connectivity index (χ2v) is 1.98. The maximum Gasteiger partial charge on any atom is 0.154 e. The van der Waals surface area contributed by atoms with E-state index in [-0.39, 0.29) is 5.78 Å². The Bertz CT molecular complexity index is 138. The Hall–Kier alpha value is -1.05. The molecule has 0 fully saturated rings. The lowest BCUT2D eigenvalue weighted by Gasteiger charge is -1.93. The third-order valence-corrected chi connectivity index (χ3v) is 0.929. The molecule has 0 aromatic rings. The Kier molecular flexibility index (Phi) is 5.44. The van der Waals surface area contributed by atoms with E-state index in [0.29, 0.717) is 0 Å². The summed E-state index contributed by atoms with van der Waals surface area (Å²) in [5.41, 5.74) is 0. The molecule has 0 aliphatic rings. The Morgan fingerprint density at radius 3 is 2.90 bits per heavy atom. The first kappa shape index (κ1) is 8.95. The standard InChI is InChI=1S/C8H13NO/c1-3-4-6-9-7-5-8(2)10/h3,5,7,9H,1,4,6H2,2H3/b7-5+. The predicted molar refractivity (Wildman–Crippen MR) is 42.6 cm³/mol. The van der Waals surface area contributed by atoms with Crippen molar-refractivity contribution in [1.82, 2.24) is 5.32 Å². The first-order valence-corrected chi connectivity index (χ1v) is 3.28. The van der Waals surface area contributed by atoms with Gasteiger partial charge in [-0.05, 0) is 25.6 Å². The van der Waals surface area contributed by atoms with Gasteiger partial charge in [0, 0.05) is 6.54 Å². The van der Waals surface area contributed by atoms with Gasteiger partial charge in [-0.3, -0.25) is 4.79 Å². The molecular formula is C8H13NO. The lowest BCUT2D eigenvalue weighted by Crippen LogP contribution is -2.05. The van der Waals surface area contributed by atoms with Gasteiger partial charge in [0.2, 0.25) is 0 Å². The minimum Gasteiger partial charge on any atom is -0.390 e. The summed E-state index contributed by atoms with van der Waals surface area (Å²) in [5.74, 6) is 0.0612. The number of hydrogen-bond donors (Lipinski definition) is 1. The van der Waals surface area contributed by atoms with Gasteiger partial charge in [-0.25, -0.2) is 0 Å². The highest BCUT2D eigenvalue weighted by atomic mass is 16.1. The smallest absolute Gasteiger partial charge is 0.154 e. The molecule has 0 unspecified atom stereocenters. The Morgan fingerprint density at radius 1 is 1.70 bits per heavy atom. The van der Waals surface area contributed by atoms with E-state index in [2.05, 4.69) is 11.9 Å². The van der Waals surface area contributed by atoms with Crippen molar-refractivity contribution in [2.24, 2.45) is 0 Å². The van der Waals surface area contributed by atoms with Crippen molar-refractivity contribution in [3.05, 3.63) is 24.9 Å². The molecule has 0 rings (SSSR count).